The molecule has 0 saturated heterocycles. The predicted molar refractivity (Wildman–Crippen MR) is 121 cm³/mol. The number of anilines is 1. The van der Waals surface area contributed by atoms with Crippen molar-refractivity contribution < 1.29 is 18.3 Å². The third-order valence-corrected chi connectivity index (χ3v) is 6.08. The molecule has 2 aromatic heterocycles. The number of nitrogens with zero attached hydrogens (tertiary/aromatic N) is 2. The molecule has 0 fully saturated rings. The molecule has 0 aliphatic rings. The Morgan fingerprint density at radius 2 is 2.00 bits per heavy atom. The number of halogens is 1. The van der Waals surface area contributed by atoms with Gasteiger partial charge in [0.2, 0.25) is 0 Å². The molecule has 3 aromatic rings. The van der Waals surface area contributed by atoms with Crippen molar-refractivity contribution in [1.29, 1.82) is 0 Å². The number of aliphatic carboxylic acids is 1. The van der Waals surface area contributed by atoms with E-state index in [1.54, 1.807) is 24.7 Å². The molecular weight excluding hydrogens is 438 g/mol. The summed E-state index contributed by atoms with van der Waals surface area (Å²) in [6, 6.07) is 11.4. The van der Waals surface area contributed by atoms with Gasteiger partial charge in [-0.15, -0.1) is 0 Å². The number of nitrogens with one attached hydrogen (secondary N) is 1. The fraction of sp³-hybridized carbons (Fsp3) is 0.182. The minimum atomic E-state index is -3.77. The van der Waals surface area contributed by atoms with Crippen molar-refractivity contribution in [2.45, 2.75) is 30.7 Å². The molecule has 0 saturated carbocycles. The zero-order valence-corrected chi connectivity index (χ0v) is 18.2. The highest BCUT2D eigenvalue weighted by molar-refractivity contribution is 7.92. The van der Waals surface area contributed by atoms with Gasteiger partial charge in [-0.1, -0.05) is 23.7 Å². The molecule has 31 heavy (non-hydrogen) atoms. The van der Waals surface area contributed by atoms with Crippen molar-refractivity contribution in [2.24, 2.45) is 0 Å². The van der Waals surface area contributed by atoms with Gasteiger partial charge in [0, 0.05) is 42.3 Å². The van der Waals surface area contributed by atoms with Crippen LogP contribution >= 0.6 is 11.6 Å². The lowest BCUT2D eigenvalue weighted by atomic mass is 10.2. The van der Waals surface area contributed by atoms with E-state index in [1.807, 2.05) is 28.9 Å². The minimum absolute atomic E-state index is 0.104. The first-order valence-corrected chi connectivity index (χ1v) is 11.5. The smallest absolute Gasteiger partial charge is 0.303 e. The fourth-order valence-corrected chi connectivity index (χ4v) is 4.11. The number of hydrogen-bond acceptors (Lipinski definition) is 4. The van der Waals surface area contributed by atoms with Gasteiger partial charge in [-0.3, -0.25) is 14.5 Å². The molecule has 0 spiro atoms. The SMILES string of the molecule is O=C(O)CCCC=Cc1cc(NS(=O)(=O)c2ccc(Cl)cc2)cn1Cc1cccnc1. The van der Waals surface area contributed by atoms with Gasteiger partial charge in [-0.25, -0.2) is 8.42 Å². The van der Waals surface area contributed by atoms with Crippen molar-refractivity contribution >= 4 is 39.4 Å². The highest BCUT2D eigenvalue weighted by atomic mass is 35.5. The maximum absolute atomic E-state index is 12.7. The first kappa shape index (κ1) is 22.6. The molecule has 0 radical (unpaired) electrons. The Morgan fingerprint density at radius 3 is 2.68 bits per heavy atom. The normalized spacial score (nSPS) is 11.6. The van der Waals surface area contributed by atoms with E-state index in [0.29, 0.717) is 30.1 Å². The van der Waals surface area contributed by atoms with Gasteiger partial charge in [0.15, 0.2) is 0 Å². The largest absolute Gasteiger partial charge is 0.481 e. The van der Waals surface area contributed by atoms with Crippen LogP contribution in [0.15, 0.2) is 72.0 Å². The number of allylic oxidation sites excluding steroid dienone is 1. The lowest BCUT2D eigenvalue weighted by Crippen LogP contribution is -2.12. The Labute approximate surface area is 186 Å². The molecule has 0 atom stereocenters. The molecule has 2 heterocycles. The summed E-state index contributed by atoms with van der Waals surface area (Å²) in [4.78, 5) is 14.9. The first-order chi connectivity index (χ1) is 14.8. The molecule has 0 amide bonds. The molecule has 9 heteroatoms. The van der Waals surface area contributed by atoms with E-state index < -0.39 is 16.0 Å². The number of sulfonamides is 1. The number of pyridine rings is 1. The van der Waals surface area contributed by atoms with Gasteiger partial charge in [-0.2, -0.15) is 0 Å². The van der Waals surface area contributed by atoms with Gasteiger partial charge >= 0.3 is 5.97 Å². The zero-order valence-electron chi connectivity index (χ0n) is 16.6. The van der Waals surface area contributed by atoms with Crippen LogP contribution in [0.2, 0.25) is 5.02 Å². The quantitative estimate of drug-likeness (QED) is 0.429. The van der Waals surface area contributed by atoms with E-state index in [9.17, 15) is 13.2 Å². The lowest BCUT2D eigenvalue weighted by molar-refractivity contribution is -0.137. The number of benzene rings is 1. The maximum atomic E-state index is 12.7. The van der Waals surface area contributed by atoms with Crippen LogP contribution in [0, 0.1) is 0 Å². The van der Waals surface area contributed by atoms with E-state index in [2.05, 4.69) is 9.71 Å². The van der Waals surface area contributed by atoms with Crippen LogP contribution in [-0.2, 0) is 21.4 Å². The van der Waals surface area contributed by atoms with Crippen LogP contribution in [0.1, 0.15) is 30.5 Å². The van der Waals surface area contributed by atoms with Crippen molar-refractivity contribution in [2.75, 3.05) is 4.72 Å². The number of aromatic nitrogens is 2. The predicted octanol–water partition coefficient (Wildman–Crippen LogP) is 4.65. The van der Waals surface area contributed by atoms with Crippen LogP contribution in [0.4, 0.5) is 5.69 Å². The molecule has 2 N–H and O–H groups in total. The summed E-state index contributed by atoms with van der Waals surface area (Å²) >= 11 is 5.85. The monoisotopic (exact) mass is 459 g/mol. The molecule has 0 aliphatic carbocycles. The average Bonchev–Trinajstić information content (AvgIpc) is 3.08. The number of rotatable bonds is 10. The van der Waals surface area contributed by atoms with Crippen molar-refractivity contribution in [3.63, 3.8) is 0 Å². The van der Waals surface area contributed by atoms with E-state index in [4.69, 9.17) is 16.7 Å². The molecule has 0 aliphatic heterocycles. The number of unbranched alkanes of at least 4 members (excludes halogenated alkanes) is 1. The van der Waals surface area contributed by atoms with Gasteiger partial charge < -0.3 is 9.67 Å². The first-order valence-electron chi connectivity index (χ1n) is 9.59. The van der Waals surface area contributed by atoms with Crippen LogP contribution in [0.3, 0.4) is 0 Å². The van der Waals surface area contributed by atoms with Crippen molar-refractivity contribution in [3.8, 4) is 0 Å². The fourth-order valence-electron chi connectivity index (χ4n) is 2.95. The lowest BCUT2D eigenvalue weighted by Gasteiger charge is -2.07. The Kier molecular flexibility index (Phi) is 7.49. The summed E-state index contributed by atoms with van der Waals surface area (Å²) in [7, 11) is -3.77. The van der Waals surface area contributed by atoms with E-state index in [-0.39, 0.29) is 11.3 Å². The summed E-state index contributed by atoms with van der Waals surface area (Å²) in [6.07, 6.45) is 10.1. The van der Waals surface area contributed by atoms with Crippen LogP contribution in [0.25, 0.3) is 6.08 Å². The van der Waals surface area contributed by atoms with Gasteiger partial charge in [0.1, 0.15) is 0 Å². The molecule has 1 aromatic carbocycles. The van der Waals surface area contributed by atoms with Gasteiger partial charge in [0.25, 0.3) is 10.0 Å². The molecule has 162 valence electrons. The zero-order chi connectivity index (χ0) is 22.3. The summed E-state index contributed by atoms with van der Waals surface area (Å²) in [5, 5.41) is 9.21. The summed E-state index contributed by atoms with van der Waals surface area (Å²) in [5.74, 6) is -0.827. The summed E-state index contributed by atoms with van der Waals surface area (Å²) in [5.41, 5.74) is 2.17. The third kappa shape index (κ3) is 6.70. The topological polar surface area (TPSA) is 101 Å². The van der Waals surface area contributed by atoms with Gasteiger partial charge in [0.05, 0.1) is 10.6 Å². The minimum Gasteiger partial charge on any atom is -0.481 e. The molecule has 7 nitrogen and oxygen atoms in total. The maximum Gasteiger partial charge on any atom is 0.303 e. The van der Waals surface area contributed by atoms with Crippen molar-refractivity contribution in [1.82, 2.24) is 9.55 Å². The Morgan fingerprint density at radius 1 is 1.23 bits per heavy atom. The van der Waals surface area contributed by atoms with Gasteiger partial charge in [-0.05, 0) is 60.9 Å². The second kappa shape index (κ2) is 10.3. The third-order valence-electron chi connectivity index (χ3n) is 4.43. The van der Waals surface area contributed by atoms with E-state index in [1.165, 1.54) is 24.3 Å². The van der Waals surface area contributed by atoms with E-state index >= 15 is 0 Å². The number of carboxylic acid groups (broad SMARTS) is 1. The van der Waals surface area contributed by atoms with Crippen LogP contribution < -0.4 is 4.72 Å². The molecular formula is C22H22ClN3O4S. The second-order valence-corrected chi connectivity index (χ2v) is 9.01. The number of carbonyl (C=O) groups is 1. The highest BCUT2D eigenvalue weighted by Gasteiger charge is 2.16. The molecule has 3 rings (SSSR count). The average molecular weight is 460 g/mol. The van der Waals surface area contributed by atoms with Crippen LogP contribution in [0.5, 0.6) is 0 Å². The Hall–Kier alpha value is -3.10. The highest BCUT2D eigenvalue weighted by Crippen LogP contribution is 2.22. The van der Waals surface area contributed by atoms with Crippen LogP contribution in [-0.4, -0.2) is 29.0 Å². The van der Waals surface area contributed by atoms with E-state index in [0.717, 1.165) is 11.3 Å². The Bertz CT molecular complexity index is 1160. The standard InChI is InChI=1S/C22H22ClN3O4S/c23-18-8-10-21(11-9-18)31(29,30)25-19-13-20(6-2-1-3-7-22(27)28)26(16-19)15-17-5-4-12-24-14-17/h2,4-6,8-14,16,25H,1,3,7,15H2,(H,27,28). The summed E-state index contributed by atoms with van der Waals surface area (Å²) < 4.78 is 29.9. The Balaban J connectivity index is 1.82. The van der Waals surface area contributed by atoms with Crippen molar-refractivity contribution in [3.05, 3.63) is 83.4 Å². The number of carboxylic acids is 1. The number of hydrogen-bond donors (Lipinski definition) is 2. The summed E-state index contributed by atoms with van der Waals surface area (Å²) in [6.45, 7) is 0.505. The second-order valence-electron chi connectivity index (χ2n) is 6.89. The molecule has 0 unspecified atom stereocenters. The molecule has 0 bridgehead atoms.